The Labute approximate surface area is 134 Å². The Morgan fingerprint density at radius 3 is 2.52 bits per heavy atom. The lowest BCUT2D eigenvalue weighted by atomic mass is 10.1. The van der Waals surface area contributed by atoms with Crippen molar-refractivity contribution in [2.24, 2.45) is 0 Å². The number of nitrogens with zero attached hydrogens (tertiary/aromatic N) is 1. The summed E-state index contributed by atoms with van der Waals surface area (Å²) in [5, 5.41) is 12.4. The second-order valence-electron chi connectivity index (χ2n) is 5.50. The van der Waals surface area contributed by atoms with Crippen LogP contribution in [0.3, 0.4) is 0 Å². The second-order valence-corrected chi connectivity index (χ2v) is 5.50. The number of phenolic OH excluding ortho intramolecular Hbond substituents is 1. The molecule has 5 nitrogen and oxygen atoms in total. The molecule has 3 rings (SSSR count). The molecule has 0 radical (unpaired) electrons. The average Bonchev–Trinajstić information content (AvgIpc) is 2.83. The first kappa shape index (κ1) is 15.1. The Balaban J connectivity index is 1.84. The van der Waals surface area contributed by atoms with E-state index in [-0.39, 0.29) is 24.0 Å². The predicted octanol–water partition coefficient (Wildman–Crippen LogP) is 2.70. The quantitative estimate of drug-likeness (QED) is 0.673. The van der Waals surface area contributed by atoms with Gasteiger partial charge in [0.1, 0.15) is 11.8 Å². The molecule has 1 unspecified atom stereocenters. The molecule has 118 valence electrons. The second kappa shape index (κ2) is 6.12. The fourth-order valence-electron chi connectivity index (χ4n) is 2.78. The third-order valence-electron chi connectivity index (χ3n) is 3.97. The number of amides is 2. The van der Waals surface area contributed by atoms with Gasteiger partial charge in [-0.05, 0) is 42.3 Å². The van der Waals surface area contributed by atoms with Crippen LogP contribution >= 0.6 is 0 Å². The largest absolute Gasteiger partial charge is 0.508 e. The molecule has 0 saturated carbocycles. The Bertz CT molecular complexity index is 740. The number of carbonyl (C=O) groups is 2. The Hall–Kier alpha value is -2.82. The van der Waals surface area contributed by atoms with Crippen molar-refractivity contribution in [3.63, 3.8) is 0 Å². The first-order valence-electron chi connectivity index (χ1n) is 7.60. The number of phenols is 1. The summed E-state index contributed by atoms with van der Waals surface area (Å²) in [6.07, 6.45) is 0.876. The summed E-state index contributed by atoms with van der Waals surface area (Å²) in [6.45, 7) is 2.00. The molecule has 0 bridgehead atoms. The number of rotatable bonds is 4. The third-order valence-corrected chi connectivity index (χ3v) is 3.97. The van der Waals surface area contributed by atoms with Gasteiger partial charge in [-0.25, -0.2) is 4.90 Å². The zero-order valence-electron chi connectivity index (χ0n) is 12.8. The molecule has 1 aliphatic rings. The van der Waals surface area contributed by atoms with Crippen LogP contribution < -0.4 is 10.2 Å². The molecule has 2 aromatic carbocycles. The van der Waals surface area contributed by atoms with Crippen molar-refractivity contribution in [2.45, 2.75) is 25.8 Å². The summed E-state index contributed by atoms with van der Waals surface area (Å²) in [7, 11) is 0. The number of nitrogens with one attached hydrogen (secondary N) is 1. The molecule has 1 heterocycles. The van der Waals surface area contributed by atoms with E-state index in [4.69, 9.17) is 0 Å². The highest BCUT2D eigenvalue weighted by Crippen LogP contribution is 2.28. The Kier molecular flexibility index (Phi) is 4.02. The number of hydrogen-bond acceptors (Lipinski definition) is 4. The normalized spacial score (nSPS) is 17.6. The highest BCUT2D eigenvalue weighted by atomic mass is 16.3. The van der Waals surface area contributed by atoms with Gasteiger partial charge in [0.25, 0.3) is 5.91 Å². The van der Waals surface area contributed by atoms with E-state index in [1.54, 1.807) is 18.2 Å². The molecule has 1 aliphatic heterocycles. The van der Waals surface area contributed by atoms with Gasteiger partial charge in [-0.3, -0.25) is 9.59 Å². The zero-order chi connectivity index (χ0) is 16.4. The smallest absolute Gasteiger partial charge is 0.256 e. The van der Waals surface area contributed by atoms with E-state index in [0.29, 0.717) is 11.4 Å². The number of aromatic hydroxyl groups is 1. The van der Waals surface area contributed by atoms with E-state index in [0.717, 1.165) is 12.0 Å². The third kappa shape index (κ3) is 2.90. The molecule has 23 heavy (non-hydrogen) atoms. The van der Waals surface area contributed by atoms with Crippen molar-refractivity contribution < 1.29 is 14.7 Å². The van der Waals surface area contributed by atoms with Gasteiger partial charge in [-0.2, -0.15) is 0 Å². The van der Waals surface area contributed by atoms with Crippen LogP contribution in [0.4, 0.5) is 11.4 Å². The number of benzene rings is 2. The highest BCUT2D eigenvalue weighted by molar-refractivity contribution is 6.23. The summed E-state index contributed by atoms with van der Waals surface area (Å²) in [5.41, 5.74) is 2.33. The highest BCUT2D eigenvalue weighted by Gasteiger charge is 2.40. The maximum absolute atomic E-state index is 12.6. The average molecular weight is 310 g/mol. The fourth-order valence-corrected chi connectivity index (χ4v) is 2.78. The summed E-state index contributed by atoms with van der Waals surface area (Å²) >= 11 is 0. The predicted molar refractivity (Wildman–Crippen MR) is 88.4 cm³/mol. The molecule has 1 saturated heterocycles. The monoisotopic (exact) mass is 310 g/mol. The molecule has 2 N–H and O–H groups in total. The molecule has 0 aliphatic carbocycles. The van der Waals surface area contributed by atoms with Crippen LogP contribution in [-0.2, 0) is 16.0 Å². The topological polar surface area (TPSA) is 69.6 Å². The standard InChI is InChI=1S/C18H18N2O3/c1-2-12-5-3-4-6-16(12)20-17(22)11-15(18(20)23)19-13-7-9-14(21)10-8-13/h3-10,15,19,21H,2,11H2,1H3. The van der Waals surface area contributed by atoms with Gasteiger partial charge in [0, 0.05) is 5.69 Å². The molecule has 0 spiro atoms. The van der Waals surface area contributed by atoms with Crippen LogP contribution in [0.1, 0.15) is 18.9 Å². The Morgan fingerprint density at radius 1 is 1.13 bits per heavy atom. The molecular weight excluding hydrogens is 292 g/mol. The van der Waals surface area contributed by atoms with Gasteiger partial charge in [-0.1, -0.05) is 25.1 Å². The number of anilines is 2. The van der Waals surface area contributed by atoms with Crippen molar-refractivity contribution >= 4 is 23.2 Å². The number of imide groups is 1. The van der Waals surface area contributed by atoms with Gasteiger partial charge in [0.15, 0.2) is 0 Å². The molecule has 2 aromatic rings. The minimum Gasteiger partial charge on any atom is -0.508 e. The molecule has 0 aromatic heterocycles. The molecular formula is C18H18N2O3. The van der Waals surface area contributed by atoms with Crippen LogP contribution in [0.25, 0.3) is 0 Å². The van der Waals surface area contributed by atoms with Crippen molar-refractivity contribution in [3.8, 4) is 5.75 Å². The van der Waals surface area contributed by atoms with Crippen LogP contribution in [0.5, 0.6) is 5.75 Å². The summed E-state index contributed by atoms with van der Waals surface area (Å²) in [5.74, 6) is -0.293. The lowest BCUT2D eigenvalue weighted by Gasteiger charge is -2.18. The summed E-state index contributed by atoms with van der Waals surface area (Å²) < 4.78 is 0. The molecule has 1 fully saturated rings. The van der Waals surface area contributed by atoms with Gasteiger partial charge < -0.3 is 10.4 Å². The van der Waals surface area contributed by atoms with E-state index in [2.05, 4.69) is 5.32 Å². The minimum atomic E-state index is -0.586. The van der Waals surface area contributed by atoms with E-state index in [1.165, 1.54) is 17.0 Å². The zero-order valence-corrected chi connectivity index (χ0v) is 12.8. The number of carbonyl (C=O) groups excluding carboxylic acids is 2. The molecule has 5 heteroatoms. The fraction of sp³-hybridized carbons (Fsp3) is 0.222. The lowest BCUT2D eigenvalue weighted by molar-refractivity contribution is -0.121. The van der Waals surface area contributed by atoms with E-state index in [9.17, 15) is 14.7 Å². The Morgan fingerprint density at radius 2 is 1.83 bits per heavy atom. The van der Waals surface area contributed by atoms with E-state index in [1.807, 2.05) is 25.1 Å². The van der Waals surface area contributed by atoms with Crippen molar-refractivity contribution in [3.05, 3.63) is 54.1 Å². The maximum atomic E-state index is 12.6. The van der Waals surface area contributed by atoms with Crippen molar-refractivity contribution in [2.75, 3.05) is 10.2 Å². The minimum absolute atomic E-state index is 0.123. The van der Waals surface area contributed by atoms with Crippen LogP contribution in [0, 0.1) is 0 Å². The number of para-hydroxylation sites is 1. The van der Waals surface area contributed by atoms with E-state index >= 15 is 0 Å². The maximum Gasteiger partial charge on any atom is 0.256 e. The van der Waals surface area contributed by atoms with Gasteiger partial charge in [-0.15, -0.1) is 0 Å². The first-order chi connectivity index (χ1) is 11.1. The molecule has 2 amide bonds. The summed E-state index contributed by atoms with van der Waals surface area (Å²) in [6, 6.07) is 13.3. The van der Waals surface area contributed by atoms with Crippen LogP contribution in [0.15, 0.2) is 48.5 Å². The van der Waals surface area contributed by atoms with Crippen LogP contribution in [0.2, 0.25) is 0 Å². The summed E-state index contributed by atoms with van der Waals surface area (Å²) in [4.78, 5) is 26.3. The SMILES string of the molecule is CCc1ccccc1N1C(=O)CC(Nc2ccc(O)cc2)C1=O. The number of aryl methyl sites for hydroxylation is 1. The van der Waals surface area contributed by atoms with Crippen molar-refractivity contribution in [1.82, 2.24) is 0 Å². The van der Waals surface area contributed by atoms with Gasteiger partial charge >= 0.3 is 0 Å². The van der Waals surface area contributed by atoms with Crippen LogP contribution in [-0.4, -0.2) is 23.0 Å². The number of hydrogen-bond donors (Lipinski definition) is 2. The van der Waals surface area contributed by atoms with E-state index < -0.39 is 6.04 Å². The first-order valence-corrected chi connectivity index (χ1v) is 7.60. The van der Waals surface area contributed by atoms with Gasteiger partial charge in [0.05, 0.1) is 12.1 Å². The van der Waals surface area contributed by atoms with Gasteiger partial charge in [0.2, 0.25) is 5.91 Å². The lowest BCUT2D eigenvalue weighted by Crippen LogP contribution is -2.35. The molecule has 1 atom stereocenters. The van der Waals surface area contributed by atoms with Crippen molar-refractivity contribution in [1.29, 1.82) is 0 Å².